The SMILES string of the molecule is COc1ccc(N)c(C(=O)NCCC(=O)N2CCCC2)c1. The predicted molar refractivity (Wildman–Crippen MR) is 80.2 cm³/mol. The molecule has 2 rings (SSSR count). The molecule has 0 bridgehead atoms. The maximum absolute atomic E-state index is 12.1. The molecule has 114 valence electrons. The minimum absolute atomic E-state index is 0.0893. The number of carbonyl (C=O) groups excluding carboxylic acids is 2. The number of likely N-dealkylation sites (tertiary alicyclic amines) is 1. The van der Waals surface area contributed by atoms with Crippen LogP contribution >= 0.6 is 0 Å². The van der Waals surface area contributed by atoms with Crippen molar-refractivity contribution in [3.63, 3.8) is 0 Å². The second kappa shape index (κ2) is 6.97. The largest absolute Gasteiger partial charge is 0.497 e. The fourth-order valence-corrected chi connectivity index (χ4v) is 2.36. The first kappa shape index (κ1) is 15.2. The van der Waals surface area contributed by atoms with Gasteiger partial charge < -0.3 is 20.7 Å². The van der Waals surface area contributed by atoms with Gasteiger partial charge in [-0.1, -0.05) is 0 Å². The minimum atomic E-state index is -0.291. The Hall–Kier alpha value is -2.24. The highest BCUT2D eigenvalue weighted by Gasteiger charge is 2.18. The molecule has 0 saturated carbocycles. The van der Waals surface area contributed by atoms with Gasteiger partial charge in [0.25, 0.3) is 5.91 Å². The number of nitrogens with one attached hydrogen (secondary N) is 1. The number of rotatable bonds is 5. The van der Waals surface area contributed by atoms with E-state index < -0.39 is 0 Å². The van der Waals surface area contributed by atoms with E-state index in [2.05, 4.69) is 5.32 Å². The molecule has 0 spiro atoms. The van der Waals surface area contributed by atoms with Crippen molar-refractivity contribution >= 4 is 17.5 Å². The molecule has 1 aliphatic rings. The Morgan fingerprint density at radius 1 is 1.33 bits per heavy atom. The number of nitrogen functional groups attached to an aromatic ring is 1. The topological polar surface area (TPSA) is 84.7 Å². The smallest absolute Gasteiger partial charge is 0.253 e. The van der Waals surface area contributed by atoms with Crippen LogP contribution in [0.5, 0.6) is 5.75 Å². The molecule has 21 heavy (non-hydrogen) atoms. The van der Waals surface area contributed by atoms with Crippen LogP contribution in [0.4, 0.5) is 5.69 Å². The Kier molecular flexibility index (Phi) is 5.03. The summed E-state index contributed by atoms with van der Waals surface area (Å²) in [6, 6.07) is 4.92. The average molecular weight is 291 g/mol. The third-order valence-corrected chi connectivity index (χ3v) is 3.59. The highest BCUT2D eigenvalue weighted by molar-refractivity contribution is 5.99. The van der Waals surface area contributed by atoms with Gasteiger partial charge in [0.15, 0.2) is 0 Å². The number of benzene rings is 1. The number of carbonyl (C=O) groups is 2. The molecule has 0 atom stereocenters. The van der Waals surface area contributed by atoms with Gasteiger partial charge in [0.2, 0.25) is 5.91 Å². The van der Waals surface area contributed by atoms with Gasteiger partial charge in [-0.05, 0) is 31.0 Å². The van der Waals surface area contributed by atoms with Crippen LogP contribution < -0.4 is 15.8 Å². The number of anilines is 1. The lowest BCUT2D eigenvalue weighted by Crippen LogP contribution is -2.32. The van der Waals surface area contributed by atoms with Crippen LogP contribution in [0.2, 0.25) is 0 Å². The van der Waals surface area contributed by atoms with Gasteiger partial charge in [-0.2, -0.15) is 0 Å². The van der Waals surface area contributed by atoms with Gasteiger partial charge in [0.05, 0.1) is 12.7 Å². The molecule has 0 aliphatic carbocycles. The zero-order chi connectivity index (χ0) is 15.2. The molecule has 1 fully saturated rings. The van der Waals surface area contributed by atoms with E-state index in [4.69, 9.17) is 10.5 Å². The summed E-state index contributed by atoms with van der Waals surface area (Å²) in [6.45, 7) is 1.97. The van der Waals surface area contributed by atoms with Crippen molar-refractivity contribution < 1.29 is 14.3 Å². The van der Waals surface area contributed by atoms with Crippen molar-refractivity contribution in [2.75, 3.05) is 32.5 Å². The maximum atomic E-state index is 12.1. The fourth-order valence-electron chi connectivity index (χ4n) is 2.36. The zero-order valence-corrected chi connectivity index (χ0v) is 12.2. The molecule has 0 radical (unpaired) electrons. The van der Waals surface area contributed by atoms with Gasteiger partial charge in [0.1, 0.15) is 5.75 Å². The number of nitrogens with zero attached hydrogens (tertiary/aromatic N) is 1. The average Bonchev–Trinajstić information content (AvgIpc) is 3.01. The Labute approximate surface area is 124 Å². The maximum Gasteiger partial charge on any atom is 0.253 e. The van der Waals surface area contributed by atoms with Gasteiger partial charge in [0, 0.05) is 31.7 Å². The lowest BCUT2D eigenvalue weighted by molar-refractivity contribution is -0.129. The molecule has 2 amide bonds. The van der Waals surface area contributed by atoms with E-state index in [1.165, 1.54) is 7.11 Å². The van der Waals surface area contributed by atoms with Gasteiger partial charge in [-0.15, -0.1) is 0 Å². The number of amides is 2. The highest BCUT2D eigenvalue weighted by atomic mass is 16.5. The van der Waals surface area contributed by atoms with Crippen molar-refractivity contribution in [3.8, 4) is 5.75 Å². The van der Waals surface area contributed by atoms with E-state index in [0.29, 0.717) is 30.0 Å². The van der Waals surface area contributed by atoms with E-state index in [1.54, 1.807) is 18.2 Å². The van der Waals surface area contributed by atoms with Crippen molar-refractivity contribution in [3.05, 3.63) is 23.8 Å². The van der Waals surface area contributed by atoms with Gasteiger partial charge in [-0.3, -0.25) is 9.59 Å². The first-order valence-electron chi connectivity index (χ1n) is 7.11. The summed E-state index contributed by atoms with van der Waals surface area (Å²) in [6.07, 6.45) is 2.45. The van der Waals surface area contributed by atoms with E-state index in [9.17, 15) is 9.59 Å². The first-order valence-corrected chi connectivity index (χ1v) is 7.11. The lowest BCUT2D eigenvalue weighted by atomic mass is 10.1. The monoisotopic (exact) mass is 291 g/mol. The Morgan fingerprint density at radius 2 is 2.05 bits per heavy atom. The molecule has 6 nitrogen and oxygen atoms in total. The van der Waals surface area contributed by atoms with Crippen molar-refractivity contribution in [1.29, 1.82) is 0 Å². The number of nitrogens with two attached hydrogens (primary N) is 1. The molecular weight excluding hydrogens is 270 g/mol. The molecule has 1 aromatic carbocycles. The highest BCUT2D eigenvalue weighted by Crippen LogP contribution is 2.19. The van der Waals surface area contributed by atoms with Crippen LogP contribution in [-0.4, -0.2) is 43.5 Å². The Morgan fingerprint density at radius 3 is 2.71 bits per heavy atom. The summed E-state index contributed by atoms with van der Waals surface area (Å²) in [5, 5.41) is 2.72. The van der Waals surface area contributed by atoms with E-state index in [0.717, 1.165) is 25.9 Å². The third kappa shape index (κ3) is 3.87. The van der Waals surface area contributed by atoms with Crippen LogP contribution in [0.1, 0.15) is 29.6 Å². The zero-order valence-electron chi connectivity index (χ0n) is 12.2. The Bertz CT molecular complexity index is 525. The molecular formula is C15H21N3O3. The molecule has 1 heterocycles. The van der Waals surface area contributed by atoms with Crippen LogP contribution in [0.25, 0.3) is 0 Å². The third-order valence-electron chi connectivity index (χ3n) is 3.59. The fraction of sp³-hybridized carbons (Fsp3) is 0.467. The van der Waals surface area contributed by atoms with Crippen molar-refractivity contribution in [2.24, 2.45) is 0 Å². The minimum Gasteiger partial charge on any atom is -0.497 e. The summed E-state index contributed by atoms with van der Waals surface area (Å²) in [4.78, 5) is 25.8. The number of ether oxygens (including phenoxy) is 1. The molecule has 0 aromatic heterocycles. The van der Waals surface area contributed by atoms with Crippen LogP contribution in [-0.2, 0) is 4.79 Å². The van der Waals surface area contributed by atoms with Gasteiger partial charge in [-0.25, -0.2) is 0 Å². The van der Waals surface area contributed by atoms with Crippen LogP contribution in [0.15, 0.2) is 18.2 Å². The molecule has 1 aromatic rings. The number of methoxy groups -OCH3 is 1. The second-order valence-corrected chi connectivity index (χ2v) is 5.05. The number of hydrogen-bond donors (Lipinski definition) is 2. The normalized spacial score (nSPS) is 14.0. The summed E-state index contributed by atoms with van der Waals surface area (Å²) in [5.41, 5.74) is 6.54. The van der Waals surface area contributed by atoms with E-state index in [-0.39, 0.29) is 11.8 Å². The van der Waals surface area contributed by atoms with Gasteiger partial charge >= 0.3 is 0 Å². The molecule has 1 saturated heterocycles. The summed E-state index contributed by atoms with van der Waals surface area (Å²) in [7, 11) is 1.53. The predicted octanol–water partition coefficient (Wildman–Crippen LogP) is 1.02. The lowest BCUT2D eigenvalue weighted by Gasteiger charge is -2.15. The first-order chi connectivity index (χ1) is 10.1. The quantitative estimate of drug-likeness (QED) is 0.793. The molecule has 6 heteroatoms. The van der Waals surface area contributed by atoms with E-state index in [1.807, 2.05) is 4.90 Å². The standard InChI is InChI=1S/C15H21N3O3/c1-21-11-4-5-13(16)12(10-11)15(20)17-7-6-14(19)18-8-2-3-9-18/h4-5,10H,2-3,6-9,16H2,1H3,(H,17,20). The number of hydrogen-bond acceptors (Lipinski definition) is 4. The second-order valence-electron chi connectivity index (χ2n) is 5.05. The molecule has 1 aliphatic heterocycles. The summed E-state index contributed by atoms with van der Waals surface area (Å²) in [5.74, 6) is 0.370. The Balaban J connectivity index is 1.85. The molecule has 0 unspecified atom stereocenters. The van der Waals surface area contributed by atoms with Crippen LogP contribution in [0.3, 0.4) is 0 Å². The van der Waals surface area contributed by atoms with Crippen molar-refractivity contribution in [2.45, 2.75) is 19.3 Å². The molecule has 3 N–H and O–H groups in total. The summed E-state index contributed by atoms with van der Waals surface area (Å²) < 4.78 is 5.07. The van der Waals surface area contributed by atoms with Crippen molar-refractivity contribution in [1.82, 2.24) is 10.2 Å². The van der Waals surface area contributed by atoms with Crippen LogP contribution in [0, 0.1) is 0 Å². The van der Waals surface area contributed by atoms with E-state index >= 15 is 0 Å². The summed E-state index contributed by atoms with van der Waals surface area (Å²) >= 11 is 0.